The van der Waals surface area contributed by atoms with Gasteiger partial charge in [0.1, 0.15) is 0 Å². The second-order valence-electron chi connectivity index (χ2n) is 4.12. The van der Waals surface area contributed by atoms with Crippen molar-refractivity contribution in [3.63, 3.8) is 0 Å². The van der Waals surface area contributed by atoms with Crippen molar-refractivity contribution in [2.24, 2.45) is 0 Å². The van der Waals surface area contributed by atoms with E-state index in [0.29, 0.717) is 15.8 Å². The first-order valence-corrected chi connectivity index (χ1v) is 10.7. The molecule has 2 rings (SSSR count). The summed E-state index contributed by atoms with van der Waals surface area (Å²) in [6.07, 6.45) is 0. The first kappa shape index (κ1) is 13.9. The molecule has 0 heterocycles. The van der Waals surface area contributed by atoms with Gasteiger partial charge in [-0.25, -0.2) is 0 Å². The third-order valence-corrected chi connectivity index (χ3v) is 4.62. The molecule has 0 amide bonds. The molecule has 0 aliphatic heterocycles. The quantitative estimate of drug-likeness (QED) is 0.472. The Morgan fingerprint density at radius 1 is 1.05 bits per heavy atom. The molecular weight excluding hydrogens is 356 g/mol. The molecule has 0 atom stereocenters. The van der Waals surface area contributed by atoms with Crippen LogP contribution in [0.15, 0.2) is 54.6 Å². The molecule has 0 saturated carbocycles. The van der Waals surface area contributed by atoms with E-state index in [1.807, 2.05) is 30.3 Å². The Balaban J connectivity index is 2.05. The first-order valence-electron chi connectivity index (χ1n) is 5.81. The average molecular weight is 370 g/mol. The number of carbonyl (C=O) groups is 1. The van der Waals surface area contributed by atoms with Crippen LogP contribution < -0.4 is 4.74 Å². The summed E-state index contributed by atoms with van der Waals surface area (Å²) >= 11 is -2.13. The third kappa shape index (κ3) is 4.27. The summed E-state index contributed by atoms with van der Waals surface area (Å²) in [6, 6.07) is 16.0. The van der Waals surface area contributed by atoms with Crippen molar-refractivity contribution in [2.75, 3.05) is 0 Å². The molecule has 0 N–H and O–H groups in total. The number of ether oxygens (including phenoxy) is 1. The van der Waals surface area contributed by atoms with E-state index in [1.54, 1.807) is 29.2 Å². The van der Waals surface area contributed by atoms with Crippen LogP contribution in [0.5, 0.6) is 5.75 Å². The molecule has 0 bridgehead atoms. The fourth-order valence-corrected chi connectivity index (χ4v) is 3.52. The van der Waals surface area contributed by atoms with E-state index >= 15 is 0 Å². The average Bonchev–Trinajstić information content (AvgIpc) is 2.40. The fourth-order valence-electron chi connectivity index (χ4n) is 1.63. The maximum atomic E-state index is 11.9. The van der Waals surface area contributed by atoms with E-state index < -0.39 is 19.5 Å². The van der Waals surface area contributed by atoms with Crippen LogP contribution in [0.1, 0.15) is 15.9 Å². The van der Waals surface area contributed by atoms with Gasteiger partial charge in [0, 0.05) is 0 Å². The topological polar surface area (TPSA) is 43.4 Å². The number of carbonyl (C=O) groups excluding carboxylic acids is 1. The summed E-state index contributed by atoms with van der Waals surface area (Å²) in [5, 5.41) is 0. The number of esters is 1. The van der Waals surface area contributed by atoms with Crippen molar-refractivity contribution in [1.82, 2.24) is 0 Å². The van der Waals surface area contributed by atoms with Gasteiger partial charge in [0.05, 0.1) is 0 Å². The molecule has 0 aromatic heterocycles. The van der Waals surface area contributed by atoms with Crippen LogP contribution in [0.25, 0.3) is 0 Å². The minimum atomic E-state index is -2.13. The molecule has 0 unspecified atom stereocenters. The molecule has 0 spiro atoms. The van der Waals surface area contributed by atoms with E-state index in [9.17, 15) is 7.90 Å². The zero-order valence-electron chi connectivity index (χ0n) is 10.5. The number of hydrogen-bond donors (Lipinski definition) is 0. The van der Waals surface area contributed by atoms with Crippen molar-refractivity contribution in [3.05, 3.63) is 65.7 Å². The summed E-state index contributed by atoms with van der Waals surface area (Å²) < 4.78 is 17.1. The minimum absolute atomic E-state index is 0.382. The van der Waals surface area contributed by atoms with Gasteiger partial charge in [0.2, 0.25) is 0 Å². The normalized spacial score (nSPS) is 10.4. The number of para-hydroxylation sites is 1. The number of benzene rings is 2. The van der Waals surface area contributed by atoms with E-state index in [-0.39, 0.29) is 5.97 Å². The van der Waals surface area contributed by atoms with E-state index in [0.717, 1.165) is 5.56 Å². The predicted octanol–water partition coefficient (Wildman–Crippen LogP) is 3.04. The zero-order valence-corrected chi connectivity index (χ0v) is 12.9. The molecule has 0 fully saturated rings. The van der Waals surface area contributed by atoms with Crippen molar-refractivity contribution in [1.29, 1.82) is 0 Å². The Morgan fingerprint density at radius 2 is 1.68 bits per heavy atom. The van der Waals surface area contributed by atoms with Gasteiger partial charge < -0.3 is 0 Å². The van der Waals surface area contributed by atoms with Crippen LogP contribution >= 0.6 is 0 Å². The molecule has 19 heavy (non-hydrogen) atoms. The fraction of sp³-hybridized carbons (Fsp3) is 0.133. The van der Waals surface area contributed by atoms with E-state index in [2.05, 4.69) is 0 Å². The SMILES string of the molecule is C[Te](=O)Cc1ccc(C(=O)Oc2ccccc2)cc1. The Morgan fingerprint density at radius 3 is 2.26 bits per heavy atom. The van der Waals surface area contributed by atoms with Crippen LogP contribution in [0.4, 0.5) is 0 Å². The van der Waals surface area contributed by atoms with Gasteiger partial charge in [0.15, 0.2) is 0 Å². The van der Waals surface area contributed by atoms with Crippen molar-refractivity contribution in [3.8, 4) is 5.75 Å². The molecule has 0 saturated heterocycles. The van der Waals surface area contributed by atoms with Gasteiger partial charge >= 0.3 is 119 Å². The van der Waals surface area contributed by atoms with Crippen LogP contribution in [-0.2, 0) is 7.57 Å². The molecule has 0 aliphatic rings. The predicted molar refractivity (Wildman–Crippen MR) is 73.9 cm³/mol. The second-order valence-corrected chi connectivity index (χ2v) is 8.21. The summed E-state index contributed by atoms with van der Waals surface area (Å²) in [5.41, 5.74) is 1.50. The molecule has 4 heteroatoms. The Hall–Kier alpha value is -1.50. The Bertz CT molecular complexity index is 576. The van der Waals surface area contributed by atoms with Crippen LogP contribution in [0.3, 0.4) is 0 Å². The van der Waals surface area contributed by atoms with Gasteiger partial charge in [0.25, 0.3) is 0 Å². The monoisotopic (exact) mass is 372 g/mol. The molecule has 2 aromatic carbocycles. The van der Waals surface area contributed by atoms with Crippen molar-refractivity contribution < 1.29 is 12.6 Å². The van der Waals surface area contributed by atoms with Crippen LogP contribution in [0, 0.1) is 0 Å². The second kappa shape index (κ2) is 6.60. The van der Waals surface area contributed by atoms with Gasteiger partial charge in [-0.05, 0) is 0 Å². The summed E-state index contributed by atoms with van der Waals surface area (Å²) in [6.45, 7) is 0. The Kier molecular flexibility index (Phi) is 4.84. The van der Waals surface area contributed by atoms with Crippen LogP contribution in [0.2, 0.25) is 4.97 Å². The first-order chi connectivity index (χ1) is 9.15. The molecular formula is C15H14O3Te. The van der Waals surface area contributed by atoms with Crippen LogP contribution in [-0.4, -0.2) is 25.5 Å². The van der Waals surface area contributed by atoms with Gasteiger partial charge in [-0.2, -0.15) is 0 Å². The molecule has 0 aliphatic carbocycles. The maximum absolute atomic E-state index is 11.9. The summed E-state index contributed by atoms with van der Waals surface area (Å²) in [4.78, 5) is 13.7. The molecule has 3 nitrogen and oxygen atoms in total. The van der Waals surface area contributed by atoms with Gasteiger partial charge in [-0.3, -0.25) is 0 Å². The van der Waals surface area contributed by atoms with E-state index in [1.165, 1.54) is 0 Å². The van der Waals surface area contributed by atoms with Gasteiger partial charge in [-0.15, -0.1) is 0 Å². The zero-order chi connectivity index (χ0) is 13.7. The molecule has 98 valence electrons. The van der Waals surface area contributed by atoms with E-state index in [4.69, 9.17) is 4.74 Å². The summed E-state index contributed by atoms with van der Waals surface area (Å²) in [7, 11) is 0. The third-order valence-electron chi connectivity index (χ3n) is 2.51. The Labute approximate surface area is 119 Å². The summed E-state index contributed by atoms with van der Waals surface area (Å²) in [5.74, 6) is 0.145. The van der Waals surface area contributed by atoms with Crippen molar-refractivity contribution >= 4 is 25.5 Å². The number of hydrogen-bond acceptors (Lipinski definition) is 3. The molecule has 2 aromatic rings. The number of rotatable bonds is 4. The molecule has 0 radical (unpaired) electrons. The standard InChI is InChI=1S/C15H14O3Te/c1-19(17)11-12-7-9-13(10-8-12)15(16)18-14-5-3-2-4-6-14/h2-10H,11H2,1H3. The van der Waals surface area contributed by atoms with Gasteiger partial charge in [-0.1, -0.05) is 0 Å². The van der Waals surface area contributed by atoms with Crippen molar-refractivity contribution in [2.45, 2.75) is 9.44 Å².